The zero-order chi connectivity index (χ0) is 16.7. The van der Waals surface area contributed by atoms with Crippen molar-refractivity contribution in [3.63, 3.8) is 0 Å². The molecule has 1 fully saturated rings. The van der Waals surface area contributed by atoms with Crippen LogP contribution in [0, 0.1) is 6.92 Å². The van der Waals surface area contributed by atoms with Crippen LogP contribution in [0.15, 0.2) is 33.9 Å². The number of benzene rings is 1. The molecule has 1 saturated heterocycles. The minimum absolute atomic E-state index is 0.0883. The second kappa shape index (κ2) is 5.62. The molecule has 1 aromatic carbocycles. The molecule has 0 unspecified atom stereocenters. The van der Waals surface area contributed by atoms with E-state index in [4.69, 9.17) is 0 Å². The van der Waals surface area contributed by atoms with Gasteiger partial charge in [0.05, 0.1) is 5.69 Å². The first-order valence-corrected chi connectivity index (χ1v) is 7.52. The van der Waals surface area contributed by atoms with Crippen molar-refractivity contribution in [2.24, 2.45) is 14.1 Å². The van der Waals surface area contributed by atoms with Crippen molar-refractivity contribution in [3.05, 3.63) is 67.5 Å². The maximum Gasteiger partial charge on any atom is 0.330 e. The van der Waals surface area contributed by atoms with E-state index in [9.17, 15) is 14.4 Å². The lowest BCUT2D eigenvalue weighted by Crippen LogP contribution is -2.43. The average Bonchev–Trinajstić information content (AvgIpc) is 3.35. The Morgan fingerprint density at radius 1 is 1.04 bits per heavy atom. The van der Waals surface area contributed by atoms with Gasteiger partial charge in [-0.1, -0.05) is 29.8 Å². The first-order valence-electron chi connectivity index (χ1n) is 7.52. The fourth-order valence-corrected chi connectivity index (χ4v) is 2.59. The lowest BCUT2D eigenvalue weighted by Gasteiger charge is -2.15. The van der Waals surface area contributed by atoms with Crippen LogP contribution in [0.25, 0.3) is 0 Å². The number of rotatable bonds is 4. The number of carbonyl (C=O) groups excluding carboxylic acids is 1. The van der Waals surface area contributed by atoms with E-state index in [-0.39, 0.29) is 11.3 Å². The van der Waals surface area contributed by atoms with Gasteiger partial charge in [0.2, 0.25) is 0 Å². The van der Waals surface area contributed by atoms with E-state index in [1.54, 1.807) is 19.2 Å². The highest BCUT2D eigenvalue weighted by Crippen LogP contribution is 2.16. The SMILES string of the molecule is Cc1ccc(C(=O)c2c(CN3CC3)n(C)c(=O)n(C)c2=O)cc1. The van der Waals surface area contributed by atoms with Crippen LogP contribution in [0.2, 0.25) is 0 Å². The number of hydrogen-bond donors (Lipinski definition) is 0. The number of aryl methyl sites for hydroxylation is 1. The largest absolute Gasteiger partial charge is 0.330 e. The molecule has 0 N–H and O–H groups in total. The molecule has 0 amide bonds. The zero-order valence-electron chi connectivity index (χ0n) is 13.5. The summed E-state index contributed by atoms with van der Waals surface area (Å²) in [6.07, 6.45) is 0. The van der Waals surface area contributed by atoms with Crippen molar-refractivity contribution >= 4 is 5.78 Å². The lowest BCUT2D eigenvalue weighted by atomic mass is 10.0. The van der Waals surface area contributed by atoms with Gasteiger partial charge in [0.15, 0.2) is 5.78 Å². The minimum atomic E-state index is -0.532. The molecule has 23 heavy (non-hydrogen) atoms. The van der Waals surface area contributed by atoms with Gasteiger partial charge in [-0.3, -0.25) is 23.6 Å². The smallest absolute Gasteiger partial charge is 0.299 e. The summed E-state index contributed by atoms with van der Waals surface area (Å²) in [7, 11) is 3.00. The molecule has 0 radical (unpaired) electrons. The van der Waals surface area contributed by atoms with Crippen molar-refractivity contribution in [2.45, 2.75) is 13.5 Å². The molecule has 0 atom stereocenters. The van der Waals surface area contributed by atoms with Crippen LogP contribution in [0.5, 0.6) is 0 Å². The first kappa shape index (κ1) is 15.4. The van der Waals surface area contributed by atoms with Crippen LogP contribution in [0.1, 0.15) is 27.2 Å². The maximum absolute atomic E-state index is 12.9. The van der Waals surface area contributed by atoms with Crippen LogP contribution in [-0.2, 0) is 20.6 Å². The molecule has 1 aliphatic heterocycles. The molecule has 1 aromatic heterocycles. The third-order valence-electron chi connectivity index (χ3n) is 4.24. The van der Waals surface area contributed by atoms with E-state index >= 15 is 0 Å². The van der Waals surface area contributed by atoms with Gasteiger partial charge in [-0.15, -0.1) is 0 Å². The highest BCUT2D eigenvalue weighted by molar-refractivity contribution is 6.09. The summed E-state index contributed by atoms with van der Waals surface area (Å²) in [5.41, 5.74) is 1.13. The second-order valence-electron chi connectivity index (χ2n) is 6.00. The summed E-state index contributed by atoms with van der Waals surface area (Å²) < 4.78 is 2.40. The summed E-state index contributed by atoms with van der Waals surface area (Å²) in [6.45, 7) is 4.21. The molecule has 0 saturated carbocycles. The van der Waals surface area contributed by atoms with E-state index in [1.165, 1.54) is 11.6 Å². The molecule has 1 aliphatic rings. The van der Waals surface area contributed by atoms with Gasteiger partial charge in [0, 0.05) is 39.3 Å². The minimum Gasteiger partial charge on any atom is -0.299 e. The monoisotopic (exact) mass is 313 g/mol. The van der Waals surface area contributed by atoms with Crippen LogP contribution >= 0.6 is 0 Å². The predicted octanol–water partition coefficient (Wildman–Crippen LogP) is 0.439. The quantitative estimate of drug-likeness (QED) is 0.607. The topological polar surface area (TPSA) is 64.1 Å². The van der Waals surface area contributed by atoms with Crippen LogP contribution < -0.4 is 11.2 Å². The predicted molar refractivity (Wildman–Crippen MR) is 86.8 cm³/mol. The third-order valence-corrected chi connectivity index (χ3v) is 4.24. The Morgan fingerprint density at radius 2 is 1.65 bits per heavy atom. The Balaban J connectivity index is 2.20. The van der Waals surface area contributed by atoms with Crippen molar-refractivity contribution < 1.29 is 4.79 Å². The molecule has 0 bridgehead atoms. The highest BCUT2D eigenvalue weighted by Gasteiger charge is 2.27. The van der Waals surface area contributed by atoms with Crippen molar-refractivity contribution in [1.29, 1.82) is 0 Å². The summed E-state index contributed by atoms with van der Waals surface area (Å²) >= 11 is 0. The fraction of sp³-hybridized carbons (Fsp3) is 0.353. The Hall–Kier alpha value is -2.47. The Bertz CT molecular complexity index is 887. The van der Waals surface area contributed by atoms with Crippen LogP contribution in [-0.4, -0.2) is 32.9 Å². The van der Waals surface area contributed by atoms with Crippen molar-refractivity contribution in [2.75, 3.05) is 13.1 Å². The maximum atomic E-state index is 12.9. The number of nitrogens with zero attached hydrogens (tertiary/aromatic N) is 3. The molecular formula is C17H19N3O3. The number of aromatic nitrogens is 2. The zero-order valence-corrected chi connectivity index (χ0v) is 13.5. The van der Waals surface area contributed by atoms with Crippen LogP contribution in [0.4, 0.5) is 0 Å². The van der Waals surface area contributed by atoms with Gasteiger partial charge < -0.3 is 0 Å². The van der Waals surface area contributed by atoms with Crippen molar-refractivity contribution in [1.82, 2.24) is 14.0 Å². The summed E-state index contributed by atoms with van der Waals surface area (Å²) in [5.74, 6) is -0.335. The Kier molecular flexibility index (Phi) is 3.77. The average molecular weight is 313 g/mol. The third kappa shape index (κ3) is 2.77. The van der Waals surface area contributed by atoms with Crippen LogP contribution in [0.3, 0.4) is 0 Å². The summed E-state index contributed by atoms with van der Waals surface area (Å²) in [5, 5.41) is 0. The van der Waals surface area contributed by atoms with E-state index in [1.807, 2.05) is 19.1 Å². The van der Waals surface area contributed by atoms with Gasteiger partial charge in [-0.2, -0.15) is 0 Å². The van der Waals surface area contributed by atoms with Crippen molar-refractivity contribution in [3.8, 4) is 0 Å². The van der Waals surface area contributed by atoms with E-state index < -0.39 is 11.2 Å². The summed E-state index contributed by atoms with van der Waals surface area (Å²) in [4.78, 5) is 39.7. The van der Waals surface area contributed by atoms with E-state index in [2.05, 4.69) is 4.90 Å². The fourth-order valence-electron chi connectivity index (χ4n) is 2.59. The first-order chi connectivity index (χ1) is 10.9. The van der Waals surface area contributed by atoms with Gasteiger partial charge in [-0.05, 0) is 6.92 Å². The number of ketones is 1. The van der Waals surface area contributed by atoms with E-state index in [0.29, 0.717) is 17.8 Å². The summed E-state index contributed by atoms with van der Waals surface area (Å²) in [6, 6.07) is 7.10. The van der Waals surface area contributed by atoms with E-state index in [0.717, 1.165) is 23.2 Å². The van der Waals surface area contributed by atoms with Gasteiger partial charge in [-0.25, -0.2) is 4.79 Å². The molecule has 0 spiro atoms. The number of carbonyl (C=O) groups is 1. The molecule has 2 aromatic rings. The molecule has 0 aliphatic carbocycles. The molecule has 120 valence electrons. The van der Waals surface area contributed by atoms with Gasteiger partial charge in [0.1, 0.15) is 5.56 Å². The Labute approximate surface area is 133 Å². The normalized spacial score (nSPS) is 14.0. The number of hydrogen-bond acceptors (Lipinski definition) is 4. The standard InChI is InChI=1S/C17H19N3O3/c1-11-4-6-12(7-5-11)15(21)14-13(10-20-8-9-20)18(2)17(23)19(3)16(14)22/h4-7H,8-10H2,1-3H3. The van der Waals surface area contributed by atoms with Gasteiger partial charge in [0.25, 0.3) is 5.56 Å². The molecule has 6 nitrogen and oxygen atoms in total. The Morgan fingerprint density at radius 3 is 2.22 bits per heavy atom. The van der Waals surface area contributed by atoms with Gasteiger partial charge >= 0.3 is 5.69 Å². The molecule has 2 heterocycles. The second-order valence-corrected chi connectivity index (χ2v) is 6.00. The molecule has 3 rings (SSSR count). The molecular weight excluding hydrogens is 294 g/mol. The molecule has 6 heteroatoms. The lowest BCUT2D eigenvalue weighted by molar-refractivity contribution is 0.103. The highest BCUT2D eigenvalue weighted by atomic mass is 16.2.